The molecule has 164 valence electrons. The molecular weight excluding hydrogens is 438 g/mol. The van der Waals surface area contributed by atoms with Gasteiger partial charge in [0.15, 0.2) is 4.80 Å². The van der Waals surface area contributed by atoms with Gasteiger partial charge in [-0.15, -0.1) is 11.3 Å². The van der Waals surface area contributed by atoms with Crippen molar-refractivity contribution in [3.05, 3.63) is 100 Å². The maximum absolute atomic E-state index is 12.4. The van der Waals surface area contributed by atoms with E-state index < -0.39 is 10.0 Å². The molecule has 7 heteroatoms. The average Bonchev–Trinajstić information content (AvgIpc) is 3.18. The average molecular weight is 464 g/mol. The fraction of sp³-hybridized carbons (Fsp3) is 0.160. The third-order valence-corrected chi connectivity index (χ3v) is 7.86. The number of hydrogen-bond donors (Lipinski definition) is 0. The van der Waals surface area contributed by atoms with Crippen molar-refractivity contribution >= 4 is 27.0 Å². The van der Waals surface area contributed by atoms with Crippen LogP contribution in [0.5, 0.6) is 0 Å². The standard InChI is InChI=1S/C25H25N3O2S2/c1-19-9-13-22(14-10-19)26-25-28(17-20-7-5-4-6-8-20)24(18-31-25)21-11-15-23(16-12-21)32(29,30)27(2)3/h4-16,18H,17H2,1-3H3. The highest BCUT2D eigenvalue weighted by molar-refractivity contribution is 7.89. The van der Waals surface area contributed by atoms with Gasteiger partial charge in [-0.2, -0.15) is 0 Å². The van der Waals surface area contributed by atoms with Crippen molar-refractivity contribution in [2.45, 2.75) is 18.4 Å². The lowest BCUT2D eigenvalue weighted by molar-refractivity contribution is 0.521. The molecule has 5 nitrogen and oxygen atoms in total. The van der Waals surface area contributed by atoms with Crippen molar-refractivity contribution in [3.8, 4) is 11.3 Å². The van der Waals surface area contributed by atoms with E-state index in [1.807, 2.05) is 42.5 Å². The van der Waals surface area contributed by atoms with E-state index in [0.717, 1.165) is 21.7 Å². The highest BCUT2D eigenvalue weighted by atomic mass is 32.2. The summed E-state index contributed by atoms with van der Waals surface area (Å²) in [4.78, 5) is 6.05. The second-order valence-corrected chi connectivity index (χ2v) is 10.7. The van der Waals surface area contributed by atoms with E-state index >= 15 is 0 Å². The second-order valence-electron chi connectivity index (χ2n) is 7.73. The highest BCUT2D eigenvalue weighted by Gasteiger charge is 2.17. The molecule has 1 aromatic heterocycles. The molecule has 0 radical (unpaired) electrons. The molecule has 0 atom stereocenters. The van der Waals surface area contributed by atoms with E-state index in [0.29, 0.717) is 6.54 Å². The van der Waals surface area contributed by atoms with Crippen LogP contribution in [-0.2, 0) is 16.6 Å². The van der Waals surface area contributed by atoms with Crippen LogP contribution >= 0.6 is 11.3 Å². The van der Waals surface area contributed by atoms with Gasteiger partial charge in [-0.25, -0.2) is 17.7 Å². The molecule has 4 rings (SSSR count). The van der Waals surface area contributed by atoms with Gasteiger partial charge in [0.2, 0.25) is 10.0 Å². The minimum atomic E-state index is -3.46. The summed E-state index contributed by atoms with van der Waals surface area (Å²) >= 11 is 1.57. The fourth-order valence-corrected chi connectivity index (χ4v) is 5.14. The lowest BCUT2D eigenvalue weighted by Gasteiger charge is -2.13. The van der Waals surface area contributed by atoms with Gasteiger partial charge in [0.1, 0.15) is 0 Å². The molecule has 0 fully saturated rings. The van der Waals surface area contributed by atoms with Crippen molar-refractivity contribution in [3.63, 3.8) is 0 Å². The number of thiazole rings is 1. The molecule has 0 aliphatic rings. The summed E-state index contributed by atoms with van der Waals surface area (Å²) < 4.78 is 28.3. The SMILES string of the molecule is Cc1ccc(N=c2scc(-c3ccc(S(=O)(=O)N(C)C)cc3)n2Cc2ccccc2)cc1. The predicted octanol–water partition coefficient (Wildman–Crippen LogP) is 5.06. The topological polar surface area (TPSA) is 54.7 Å². The monoisotopic (exact) mass is 463 g/mol. The lowest BCUT2D eigenvalue weighted by atomic mass is 10.1. The largest absolute Gasteiger partial charge is 0.312 e. The van der Waals surface area contributed by atoms with E-state index in [2.05, 4.69) is 41.1 Å². The minimum absolute atomic E-state index is 0.278. The Balaban J connectivity index is 1.80. The predicted molar refractivity (Wildman–Crippen MR) is 131 cm³/mol. The molecule has 4 aromatic rings. The first-order valence-electron chi connectivity index (χ1n) is 10.2. The molecule has 0 unspecified atom stereocenters. The number of hydrogen-bond acceptors (Lipinski definition) is 4. The third kappa shape index (κ3) is 4.75. The van der Waals surface area contributed by atoms with Crippen molar-refractivity contribution < 1.29 is 8.42 Å². The van der Waals surface area contributed by atoms with Crippen molar-refractivity contribution in [1.29, 1.82) is 0 Å². The van der Waals surface area contributed by atoms with Gasteiger partial charge in [0.25, 0.3) is 0 Å². The number of rotatable bonds is 6. The Bertz CT molecular complexity index is 1370. The number of nitrogens with zero attached hydrogens (tertiary/aromatic N) is 3. The summed E-state index contributed by atoms with van der Waals surface area (Å²) in [5, 5.41) is 2.07. The molecule has 0 aliphatic carbocycles. The first kappa shape index (κ1) is 22.2. The van der Waals surface area contributed by atoms with Crippen LogP contribution in [0.25, 0.3) is 11.3 Å². The second kappa shape index (κ2) is 9.24. The van der Waals surface area contributed by atoms with Crippen LogP contribution in [-0.4, -0.2) is 31.4 Å². The van der Waals surface area contributed by atoms with Crippen LogP contribution in [0.4, 0.5) is 5.69 Å². The van der Waals surface area contributed by atoms with Crippen LogP contribution in [0.15, 0.2) is 94.1 Å². The van der Waals surface area contributed by atoms with Crippen LogP contribution in [0.3, 0.4) is 0 Å². The third-order valence-electron chi connectivity index (χ3n) is 5.17. The Labute approximate surface area is 193 Å². The molecule has 0 bridgehead atoms. The molecule has 0 N–H and O–H groups in total. The van der Waals surface area contributed by atoms with Crippen LogP contribution < -0.4 is 4.80 Å². The number of sulfonamides is 1. The fourth-order valence-electron chi connectivity index (χ4n) is 3.31. The Kier molecular flexibility index (Phi) is 6.41. The highest BCUT2D eigenvalue weighted by Crippen LogP contribution is 2.24. The summed E-state index contributed by atoms with van der Waals surface area (Å²) in [6, 6.07) is 25.4. The summed E-state index contributed by atoms with van der Waals surface area (Å²) in [5.74, 6) is 0. The summed E-state index contributed by atoms with van der Waals surface area (Å²) in [5.41, 5.74) is 5.21. The zero-order chi connectivity index (χ0) is 22.7. The van der Waals surface area contributed by atoms with Gasteiger partial charge in [0.05, 0.1) is 22.8 Å². The van der Waals surface area contributed by atoms with Crippen LogP contribution in [0.2, 0.25) is 0 Å². The minimum Gasteiger partial charge on any atom is -0.312 e. The van der Waals surface area contributed by atoms with Gasteiger partial charge < -0.3 is 4.57 Å². The van der Waals surface area contributed by atoms with Gasteiger partial charge in [0, 0.05) is 19.5 Å². The summed E-state index contributed by atoms with van der Waals surface area (Å²) in [7, 11) is -0.390. The molecule has 0 saturated heterocycles. The van der Waals surface area contributed by atoms with Gasteiger partial charge in [-0.3, -0.25) is 0 Å². The number of aryl methyl sites for hydroxylation is 1. The maximum Gasteiger partial charge on any atom is 0.242 e. The van der Waals surface area contributed by atoms with E-state index in [1.165, 1.54) is 29.5 Å². The normalized spacial score (nSPS) is 12.4. The molecule has 0 saturated carbocycles. The zero-order valence-electron chi connectivity index (χ0n) is 18.3. The van der Waals surface area contributed by atoms with E-state index in [1.54, 1.807) is 23.5 Å². The van der Waals surface area contributed by atoms with Crippen LogP contribution in [0.1, 0.15) is 11.1 Å². The summed E-state index contributed by atoms with van der Waals surface area (Å²) in [6.07, 6.45) is 0. The summed E-state index contributed by atoms with van der Waals surface area (Å²) in [6.45, 7) is 2.73. The molecule has 3 aromatic carbocycles. The first-order valence-corrected chi connectivity index (χ1v) is 12.5. The zero-order valence-corrected chi connectivity index (χ0v) is 19.9. The molecule has 0 aliphatic heterocycles. The van der Waals surface area contributed by atoms with E-state index in [9.17, 15) is 8.42 Å². The molecule has 0 amide bonds. The molecule has 1 heterocycles. The number of aromatic nitrogens is 1. The Morgan fingerprint density at radius 3 is 2.19 bits per heavy atom. The van der Waals surface area contributed by atoms with E-state index in [4.69, 9.17) is 4.99 Å². The lowest BCUT2D eigenvalue weighted by Crippen LogP contribution is -2.22. The Hall–Kier alpha value is -3.00. The van der Waals surface area contributed by atoms with Gasteiger partial charge in [-0.1, -0.05) is 60.2 Å². The van der Waals surface area contributed by atoms with Crippen molar-refractivity contribution in [2.24, 2.45) is 4.99 Å². The van der Waals surface area contributed by atoms with Crippen molar-refractivity contribution in [1.82, 2.24) is 8.87 Å². The number of benzene rings is 3. The molecule has 0 spiro atoms. The molecule has 32 heavy (non-hydrogen) atoms. The maximum atomic E-state index is 12.4. The van der Waals surface area contributed by atoms with Gasteiger partial charge >= 0.3 is 0 Å². The first-order chi connectivity index (χ1) is 15.3. The smallest absolute Gasteiger partial charge is 0.242 e. The van der Waals surface area contributed by atoms with Crippen molar-refractivity contribution in [2.75, 3.05) is 14.1 Å². The Morgan fingerprint density at radius 1 is 0.906 bits per heavy atom. The molecular formula is C25H25N3O2S2. The quantitative estimate of drug-likeness (QED) is 0.402. The van der Waals surface area contributed by atoms with Crippen LogP contribution in [0, 0.1) is 6.92 Å². The van der Waals surface area contributed by atoms with Gasteiger partial charge in [-0.05, 0) is 42.3 Å². The van der Waals surface area contributed by atoms with E-state index in [-0.39, 0.29) is 4.90 Å². The Morgan fingerprint density at radius 2 is 1.56 bits per heavy atom.